The van der Waals surface area contributed by atoms with Crippen LogP contribution in [0.25, 0.3) is 45.0 Å². The molecular weight excluding hydrogens is 544 g/mol. The number of rotatable bonds is 7. The highest BCUT2D eigenvalue weighted by atomic mass is 16.6. The molecule has 4 aromatic heterocycles. The van der Waals surface area contributed by atoms with Crippen molar-refractivity contribution in [1.82, 2.24) is 45.2 Å². The van der Waals surface area contributed by atoms with Crippen LogP contribution in [0.3, 0.4) is 0 Å². The molecule has 15 heteroatoms. The third-order valence-electron chi connectivity index (χ3n) is 7.41. The third-order valence-corrected chi connectivity index (χ3v) is 7.41. The molecule has 7 rings (SSSR count). The monoisotopic (exact) mass is 572 g/mol. The molecule has 0 saturated carbocycles. The van der Waals surface area contributed by atoms with Crippen molar-refractivity contribution < 1.29 is 24.5 Å². The second kappa shape index (κ2) is 10.7. The van der Waals surface area contributed by atoms with Crippen LogP contribution in [0.1, 0.15) is 19.6 Å². The Kier molecular flexibility index (Phi) is 6.70. The molecule has 216 valence electrons. The van der Waals surface area contributed by atoms with E-state index < -0.39 is 30.4 Å². The molecule has 0 radical (unpaired) electrons. The van der Waals surface area contributed by atoms with Gasteiger partial charge in [-0.25, -0.2) is 19.9 Å². The number of carbonyl (C=O) groups excluding carboxylic acids is 1. The molecule has 42 heavy (non-hydrogen) atoms. The molecule has 1 aromatic carbocycles. The number of hydrogen-bond donors (Lipinski definition) is 5. The maximum Gasteiger partial charge on any atom is 0.252 e. The van der Waals surface area contributed by atoms with Gasteiger partial charge in [-0.15, -0.1) is 0 Å². The molecule has 6 heterocycles. The van der Waals surface area contributed by atoms with E-state index in [0.29, 0.717) is 53.8 Å². The highest BCUT2D eigenvalue weighted by molar-refractivity contribution is 5.87. The van der Waals surface area contributed by atoms with Crippen LogP contribution in [0.5, 0.6) is 0 Å². The summed E-state index contributed by atoms with van der Waals surface area (Å²) >= 11 is 0. The van der Waals surface area contributed by atoms with Gasteiger partial charge in [-0.3, -0.25) is 9.36 Å². The molecule has 5 aromatic rings. The Hall–Kier alpha value is -4.57. The van der Waals surface area contributed by atoms with Gasteiger partial charge in [0.2, 0.25) is 0 Å². The number of amides is 1. The van der Waals surface area contributed by atoms with Gasteiger partial charge in [0.15, 0.2) is 40.8 Å². The Morgan fingerprint density at radius 1 is 1.10 bits per heavy atom. The van der Waals surface area contributed by atoms with Gasteiger partial charge in [-0.2, -0.15) is 15.4 Å². The van der Waals surface area contributed by atoms with E-state index in [0.717, 1.165) is 17.3 Å². The van der Waals surface area contributed by atoms with Crippen molar-refractivity contribution in [3.8, 4) is 22.9 Å². The zero-order chi connectivity index (χ0) is 28.8. The van der Waals surface area contributed by atoms with Gasteiger partial charge in [-0.1, -0.05) is 24.3 Å². The van der Waals surface area contributed by atoms with Crippen molar-refractivity contribution in [2.75, 3.05) is 25.1 Å². The zero-order valence-corrected chi connectivity index (χ0v) is 22.5. The molecule has 15 nitrogen and oxygen atoms in total. The van der Waals surface area contributed by atoms with E-state index in [-0.39, 0.29) is 11.9 Å². The molecule has 0 bridgehead atoms. The third kappa shape index (κ3) is 4.52. The van der Waals surface area contributed by atoms with Gasteiger partial charge in [0.25, 0.3) is 5.91 Å². The summed E-state index contributed by atoms with van der Waals surface area (Å²) in [5, 5.41) is 39.9. The number of benzene rings is 1. The molecule has 0 spiro atoms. The molecule has 2 fully saturated rings. The normalized spacial score (nSPS) is 24.0. The number of anilines is 1. The van der Waals surface area contributed by atoms with Crippen LogP contribution in [-0.4, -0.2) is 100 Å². The fraction of sp³-hybridized carbons (Fsp3) is 0.370. The molecule has 5 atom stereocenters. The predicted octanol–water partition coefficient (Wildman–Crippen LogP) is 0.783. The van der Waals surface area contributed by atoms with Crippen LogP contribution >= 0.6 is 0 Å². The van der Waals surface area contributed by atoms with Crippen molar-refractivity contribution in [2.24, 2.45) is 0 Å². The Morgan fingerprint density at radius 2 is 1.95 bits per heavy atom. The first-order valence-electron chi connectivity index (χ1n) is 13.7. The molecule has 2 saturated heterocycles. The average molecular weight is 573 g/mol. The fourth-order valence-corrected chi connectivity index (χ4v) is 5.30. The Labute approximate surface area is 238 Å². The molecular formula is C27H28N10O5. The van der Waals surface area contributed by atoms with E-state index in [2.05, 4.69) is 31.0 Å². The molecule has 5 N–H and O–H groups in total. The van der Waals surface area contributed by atoms with Crippen LogP contribution in [-0.2, 0) is 14.3 Å². The average Bonchev–Trinajstić information content (AvgIpc) is 3.81. The van der Waals surface area contributed by atoms with Gasteiger partial charge in [0.1, 0.15) is 17.9 Å². The fourth-order valence-electron chi connectivity index (χ4n) is 5.30. The number of imidazole rings is 1. The van der Waals surface area contributed by atoms with Gasteiger partial charge < -0.3 is 30.3 Å². The Morgan fingerprint density at radius 3 is 2.79 bits per heavy atom. The van der Waals surface area contributed by atoms with Crippen molar-refractivity contribution in [3.05, 3.63) is 42.7 Å². The number of fused-ring (bicyclic) bond motifs is 2. The minimum absolute atomic E-state index is 0.00250. The molecule has 2 aliphatic rings. The number of H-pyrrole nitrogens is 1. The zero-order valence-electron chi connectivity index (χ0n) is 22.5. The van der Waals surface area contributed by atoms with Crippen molar-refractivity contribution >= 4 is 33.8 Å². The maximum absolute atomic E-state index is 12.5. The largest absolute Gasteiger partial charge is 0.387 e. The summed E-state index contributed by atoms with van der Waals surface area (Å²) < 4.78 is 12.9. The van der Waals surface area contributed by atoms with Gasteiger partial charge in [-0.05, 0) is 25.5 Å². The molecule has 1 amide bonds. The number of para-hydroxylation sites is 1. The van der Waals surface area contributed by atoms with Crippen LogP contribution in [0.4, 0.5) is 5.82 Å². The lowest BCUT2D eigenvalue weighted by Crippen LogP contribution is -2.42. The summed E-state index contributed by atoms with van der Waals surface area (Å²) in [5.41, 5.74) is 2.89. The summed E-state index contributed by atoms with van der Waals surface area (Å²) in [4.78, 5) is 31.3. The number of nitrogens with one attached hydrogen (secondary N) is 3. The molecule has 0 unspecified atom stereocenters. The lowest BCUT2D eigenvalue weighted by atomic mass is 10.1. The van der Waals surface area contributed by atoms with Gasteiger partial charge >= 0.3 is 0 Å². The van der Waals surface area contributed by atoms with E-state index in [1.54, 1.807) is 6.92 Å². The smallest absolute Gasteiger partial charge is 0.252 e. The number of aromatic nitrogens is 8. The first-order valence-corrected chi connectivity index (χ1v) is 13.7. The number of aromatic amines is 1. The van der Waals surface area contributed by atoms with E-state index >= 15 is 0 Å². The van der Waals surface area contributed by atoms with E-state index in [1.807, 2.05) is 36.4 Å². The summed E-state index contributed by atoms with van der Waals surface area (Å²) in [5.74, 6) is 0.126. The topological polar surface area (TPSA) is 198 Å². The number of nitrogens with zero attached hydrogens (tertiary/aromatic N) is 7. The molecule has 2 aliphatic heterocycles. The number of hydrogen-bond acceptors (Lipinski definition) is 12. The quantitative estimate of drug-likeness (QED) is 0.184. The number of pyridine rings is 1. The van der Waals surface area contributed by atoms with Gasteiger partial charge in [0.05, 0.1) is 30.2 Å². The van der Waals surface area contributed by atoms with Crippen molar-refractivity contribution in [1.29, 1.82) is 0 Å². The van der Waals surface area contributed by atoms with Crippen molar-refractivity contribution in [3.63, 3.8) is 0 Å². The lowest BCUT2D eigenvalue weighted by Gasteiger charge is -2.17. The van der Waals surface area contributed by atoms with Crippen LogP contribution in [0.15, 0.2) is 42.7 Å². The highest BCUT2D eigenvalue weighted by Gasteiger charge is 2.47. The van der Waals surface area contributed by atoms with Gasteiger partial charge in [0, 0.05) is 18.5 Å². The van der Waals surface area contributed by atoms with Crippen LogP contribution in [0, 0.1) is 0 Å². The number of aliphatic hydroxyl groups is 2. The number of carbonyl (C=O) groups is 1. The predicted molar refractivity (Wildman–Crippen MR) is 149 cm³/mol. The summed E-state index contributed by atoms with van der Waals surface area (Å²) in [6.45, 7) is 3.23. The SMILES string of the molecule is CCNC(=O)[C@H]1O[C@@H](n2cnc3c(N[C@@H]4CCOC4)nc(-c4n[nH]nc4-c4ccc5ccccc5n4)nc32)[C@@H](O)[C@H]1O. The number of aliphatic hydroxyl groups excluding tert-OH is 2. The first-order chi connectivity index (χ1) is 20.5. The maximum atomic E-state index is 12.5. The lowest BCUT2D eigenvalue weighted by molar-refractivity contribution is -0.137. The number of likely N-dealkylation sites (N-methyl/N-ethyl adjacent to an activating group) is 1. The summed E-state index contributed by atoms with van der Waals surface area (Å²) in [7, 11) is 0. The Balaban J connectivity index is 1.33. The summed E-state index contributed by atoms with van der Waals surface area (Å²) in [6.07, 6.45) is -3.05. The minimum Gasteiger partial charge on any atom is -0.387 e. The van der Waals surface area contributed by atoms with E-state index in [9.17, 15) is 15.0 Å². The van der Waals surface area contributed by atoms with Crippen LogP contribution < -0.4 is 10.6 Å². The van der Waals surface area contributed by atoms with E-state index in [1.165, 1.54) is 10.9 Å². The minimum atomic E-state index is -1.45. The standard InChI is InChI=1S/C27H28N10O5/c1-2-28-26(40)22-20(38)21(39)27(42-22)37-12-29-19-24(30-14-9-10-41-11-14)32-23(33-25(19)37)18-17(34-36-35-18)16-8-7-13-5-3-4-6-15(13)31-16/h3-8,12,14,20-22,27,38-39H,2,9-11H2,1H3,(H,28,40)(H,30,32,33)(H,34,35,36)/t14-,20-,21+,22+,27-/m1/s1. The second-order valence-corrected chi connectivity index (χ2v) is 10.2. The highest BCUT2D eigenvalue weighted by Crippen LogP contribution is 2.35. The second-order valence-electron chi connectivity index (χ2n) is 10.2. The van der Waals surface area contributed by atoms with Crippen molar-refractivity contribution in [2.45, 2.75) is 43.9 Å². The van der Waals surface area contributed by atoms with Crippen LogP contribution in [0.2, 0.25) is 0 Å². The number of ether oxygens (including phenoxy) is 2. The summed E-state index contributed by atoms with van der Waals surface area (Å²) in [6, 6.07) is 11.6. The Bertz CT molecular complexity index is 1770. The molecule has 0 aliphatic carbocycles. The first kappa shape index (κ1) is 26.3. The van der Waals surface area contributed by atoms with E-state index in [4.69, 9.17) is 24.4 Å².